The molecule has 0 bridgehead atoms. The van der Waals surface area contributed by atoms with Crippen molar-refractivity contribution in [2.24, 2.45) is 0 Å². The van der Waals surface area contributed by atoms with Gasteiger partial charge in [0.15, 0.2) is 11.5 Å². The van der Waals surface area contributed by atoms with Crippen molar-refractivity contribution < 1.29 is 18.3 Å². The molecule has 1 aliphatic heterocycles. The molecular formula is C27H30F2N12O2. The first-order chi connectivity index (χ1) is 20.7. The summed E-state index contributed by atoms with van der Waals surface area (Å²) in [7, 11) is 4.09. The molecule has 5 heterocycles. The van der Waals surface area contributed by atoms with Crippen LogP contribution in [-0.4, -0.2) is 107 Å². The minimum absolute atomic E-state index is 0.0770. The van der Waals surface area contributed by atoms with E-state index in [1.54, 1.807) is 41.6 Å². The van der Waals surface area contributed by atoms with E-state index in [-0.39, 0.29) is 40.8 Å². The van der Waals surface area contributed by atoms with Gasteiger partial charge in [-0.2, -0.15) is 23.8 Å². The lowest BCUT2D eigenvalue weighted by molar-refractivity contribution is -0.0494. The van der Waals surface area contributed by atoms with E-state index in [1.165, 1.54) is 21.5 Å². The Bertz CT molecular complexity index is 1740. The minimum atomic E-state index is -3.05. The lowest BCUT2D eigenvalue weighted by Gasteiger charge is -2.38. The van der Waals surface area contributed by atoms with Gasteiger partial charge >= 0.3 is 6.61 Å². The van der Waals surface area contributed by atoms with Gasteiger partial charge in [0.2, 0.25) is 0 Å². The van der Waals surface area contributed by atoms with Gasteiger partial charge in [0.1, 0.15) is 23.6 Å². The summed E-state index contributed by atoms with van der Waals surface area (Å²) in [5, 5.41) is 24.6. The maximum Gasteiger partial charge on any atom is 0.387 e. The molecule has 4 aromatic heterocycles. The van der Waals surface area contributed by atoms with Gasteiger partial charge in [0.25, 0.3) is 5.91 Å². The number of tetrazole rings is 1. The molecule has 0 saturated carbocycles. The van der Waals surface area contributed by atoms with Crippen molar-refractivity contribution in [3.05, 3.63) is 66.0 Å². The van der Waals surface area contributed by atoms with Gasteiger partial charge in [-0.15, -0.1) is 10.2 Å². The summed E-state index contributed by atoms with van der Waals surface area (Å²) >= 11 is 0. The molecule has 0 aliphatic carbocycles. The Morgan fingerprint density at radius 1 is 1.23 bits per heavy atom. The van der Waals surface area contributed by atoms with E-state index in [9.17, 15) is 13.6 Å². The van der Waals surface area contributed by atoms with Gasteiger partial charge in [0.05, 0.1) is 17.9 Å². The lowest BCUT2D eigenvalue weighted by Crippen LogP contribution is -2.50. The largest absolute Gasteiger partial charge is 0.434 e. The molecule has 16 heteroatoms. The predicted octanol–water partition coefficient (Wildman–Crippen LogP) is 2.21. The average molecular weight is 593 g/mol. The number of aromatic nitrogens is 9. The van der Waals surface area contributed by atoms with Gasteiger partial charge in [0, 0.05) is 50.3 Å². The lowest BCUT2D eigenvalue weighted by atomic mass is 10.1. The topological polar surface area (TPSA) is 136 Å². The molecule has 6 rings (SSSR count). The molecule has 1 saturated heterocycles. The number of alkyl halides is 2. The number of nitrogens with zero attached hydrogens (tertiary/aromatic N) is 11. The van der Waals surface area contributed by atoms with E-state index in [2.05, 4.69) is 45.7 Å². The number of hydrogen-bond acceptors (Lipinski definition) is 10. The molecule has 43 heavy (non-hydrogen) atoms. The van der Waals surface area contributed by atoms with Crippen molar-refractivity contribution in [3.63, 3.8) is 0 Å². The molecule has 1 N–H and O–H groups in total. The summed E-state index contributed by atoms with van der Waals surface area (Å²) in [4.78, 5) is 23.7. The molecule has 0 radical (unpaired) electrons. The monoisotopic (exact) mass is 592 g/mol. The van der Waals surface area contributed by atoms with Crippen LogP contribution in [0.1, 0.15) is 27.8 Å². The number of nitrogens with one attached hydrogen (secondary N) is 1. The van der Waals surface area contributed by atoms with E-state index in [0.29, 0.717) is 11.5 Å². The summed E-state index contributed by atoms with van der Waals surface area (Å²) in [6.45, 7) is 2.53. The van der Waals surface area contributed by atoms with Crippen LogP contribution in [-0.2, 0) is 6.54 Å². The number of carbonyl (C=O) groups is 1. The van der Waals surface area contributed by atoms with Crippen molar-refractivity contribution in [1.82, 2.24) is 54.4 Å². The standard InChI is InChI=1S/C27H30F2N12O2/c1-17-5-6-22(43-27(28)29)19(11-17)24-21(32-26(42)20-12-31-40-8-4-7-30-25(20)40)15-39(35-24)16-23-33-36-41(34-23)18-13-38(14-18)10-9-37(2)3/h4-8,11-12,15,18,27H,9-10,13-14,16H2,1-3H3,(H,32,42). The first-order valence-electron chi connectivity index (χ1n) is 13.6. The molecule has 1 aromatic carbocycles. The molecule has 0 unspecified atom stereocenters. The number of amides is 1. The summed E-state index contributed by atoms with van der Waals surface area (Å²) in [6, 6.07) is 6.61. The van der Waals surface area contributed by atoms with Gasteiger partial charge in [-0.1, -0.05) is 11.6 Å². The number of halogens is 2. The SMILES string of the molecule is Cc1ccc(OC(F)F)c(-c2nn(Cc3nnn(C4CN(CCN(C)C)C4)n3)cc2NC(=O)c2cnn3cccnc23)c1. The van der Waals surface area contributed by atoms with Crippen molar-refractivity contribution in [2.75, 3.05) is 45.6 Å². The Morgan fingerprint density at radius 3 is 2.86 bits per heavy atom. The van der Waals surface area contributed by atoms with E-state index in [1.807, 2.05) is 21.0 Å². The van der Waals surface area contributed by atoms with Crippen LogP contribution in [0, 0.1) is 6.92 Å². The Morgan fingerprint density at radius 2 is 2.07 bits per heavy atom. The van der Waals surface area contributed by atoms with Crippen LogP contribution in [0.5, 0.6) is 5.75 Å². The van der Waals surface area contributed by atoms with Gasteiger partial charge in [-0.05, 0) is 44.4 Å². The first kappa shape index (κ1) is 28.3. The number of ether oxygens (including phenoxy) is 1. The highest BCUT2D eigenvalue weighted by molar-refractivity contribution is 6.09. The Hall–Kier alpha value is -4.83. The number of hydrogen-bond donors (Lipinski definition) is 1. The number of likely N-dealkylation sites (N-methyl/N-ethyl adjacent to an activating group) is 1. The number of carbonyl (C=O) groups excluding carboxylic acids is 1. The normalized spacial score (nSPS) is 14.1. The van der Waals surface area contributed by atoms with Gasteiger partial charge in [-0.25, -0.2) is 9.50 Å². The number of aryl methyl sites for hydroxylation is 1. The third kappa shape index (κ3) is 6.19. The molecule has 5 aromatic rings. The summed E-state index contributed by atoms with van der Waals surface area (Å²) in [5.74, 6) is -0.156. The molecular weight excluding hydrogens is 562 g/mol. The Kier molecular flexibility index (Phi) is 7.77. The fraction of sp³-hybridized carbons (Fsp3) is 0.370. The Balaban J connectivity index is 1.27. The second-order valence-electron chi connectivity index (χ2n) is 10.6. The zero-order valence-corrected chi connectivity index (χ0v) is 23.8. The van der Waals surface area contributed by atoms with Crippen molar-refractivity contribution in [2.45, 2.75) is 26.1 Å². The maximum absolute atomic E-state index is 13.4. The van der Waals surface area contributed by atoms with Crippen LogP contribution in [0.25, 0.3) is 16.9 Å². The van der Waals surface area contributed by atoms with E-state index in [4.69, 9.17) is 4.74 Å². The molecule has 224 valence electrons. The zero-order chi connectivity index (χ0) is 30.1. The van der Waals surface area contributed by atoms with Crippen LogP contribution in [0.3, 0.4) is 0 Å². The maximum atomic E-state index is 13.4. The number of benzene rings is 1. The highest BCUT2D eigenvalue weighted by atomic mass is 19.3. The third-order valence-electron chi connectivity index (χ3n) is 7.04. The van der Waals surface area contributed by atoms with Crippen molar-refractivity contribution in [3.8, 4) is 17.0 Å². The number of anilines is 1. The molecule has 14 nitrogen and oxygen atoms in total. The van der Waals surface area contributed by atoms with Crippen molar-refractivity contribution in [1.29, 1.82) is 0 Å². The van der Waals surface area contributed by atoms with Crippen LogP contribution in [0.15, 0.2) is 49.1 Å². The fourth-order valence-corrected chi connectivity index (χ4v) is 4.83. The zero-order valence-electron chi connectivity index (χ0n) is 23.8. The predicted molar refractivity (Wildman–Crippen MR) is 151 cm³/mol. The smallest absolute Gasteiger partial charge is 0.387 e. The minimum Gasteiger partial charge on any atom is -0.434 e. The molecule has 1 amide bonds. The Labute approximate surface area is 244 Å². The highest BCUT2D eigenvalue weighted by Gasteiger charge is 2.30. The first-order valence-corrected chi connectivity index (χ1v) is 13.6. The number of likely N-dealkylation sites (tertiary alicyclic amines) is 1. The second kappa shape index (κ2) is 11.8. The van der Waals surface area contributed by atoms with Gasteiger partial charge in [-0.3, -0.25) is 14.4 Å². The highest BCUT2D eigenvalue weighted by Crippen LogP contribution is 2.36. The fourth-order valence-electron chi connectivity index (χ4n) is 4.83. The van der Waals surface area contributed by atoms with E-state index >= 15 is 0 Å². The van der Waals surface area contributed by atoms with E-state index in [0.717, 1.165) is 31.7 Å². The summed E-state index contributed by atoms with van der Waals surface area (Å²) in [6.07, 6.45) is 6.23. The molecule has 0 spiro atoms. The molecule has 1 aliphatic rings. The summed E-state index contributed by atoms with van der Waals surface area (Å²) in [5.41, 5.74) is 2.19. The second-order valence-corrected chi connectivity index (χ2v) is 10.6. The molecule has 0 atom stereocenters. The number of fused-ring (bicyclic) bond motifs is 1. The summed E-state index contributed by atoms with van der Waals surface area (Å²) < 4.78 is 34.4. The van der Waals surface area contributed by atoms with Crippen LogP contribution in [0.2, 0.25) is 0 Å². The third-order valence-corrected chi connectivity index (χ3v) is 7.04. The quantitative estimate of drug-likeness (QED) is 0.243. The average Bonchev–Trinajstić information content (AvgIpc) is 3.67. The number of rotatable bonds is 11. The van der Waals surface area contributed by atoms with Crippen LogP contribution >= 0.6 is 0 Å². The van der Waals surface area contributed by atoms with Crippen LogP contribution in [0.4, 0.5) is 14.5 Å². The van der Waals surface area contributed by atoms with Crippen molar-refractivity contribution >= 4 is 17.2 Å². The van der Waals surface area contributed by atoms with E-state index < -0.39 is 12.5 Å². The van der Waals surface area contributed by atoms with Gasteiger partial charge < -0.3 is 15.0 Å². The van der Waals surface area contributed by atoms with Crippen LogP contribution < -0.4 is 10.1 Å². The molecule has 1 fully saturated rings.